The third-order valence-electron chi connectivity index (χ3n) is 2.66. The van der Waals surface area contributed by atoms with Gasteiger partial charge in [0.1, 0.15) is 0 Å². The zero-order valence-electron chi connectivity index (χ0n) is 10.7. The number of rotatable bonds is 2. The lowest BCUT2D eigenvalue weighted by Crippen LogP contribution is -2.31. The van der Waals surface area contributed by atoms with Crippen LogP contribution in [0.3, 0.4) is 0 Å². The first-order valence-corrected chi connectivity index (χ1v) is 6.67. The average molecular weight is 199 g/mol. The Bertz CT molecular complexity index is 102. The van der Waals surface area contributed by atoms with Crippen LogP contribution in [0.2, 0.25) is 0 Å². The number of likely N-dealkylation sites (tertiary alicyclic amines) is 1. The van der Waals surface area contributed by atoms with Gasteiger partial charge in [0.2, 0.25) is 0 Å². The van der Waals surface area contributed by atoms with E-state index in [1.54, 1.807) is 0 Å². The van der Waals surface area contributed by atoms with Crippen LogP contribution in [0.1, 0.15) is 59.8 Å². The molecule has 0 aromatic heterocycles. The van der Waals surface area contributed by atoms with Crippen LogP contribution in [0.25, 0.3) is 0 Å². The lowest BCUT2D eigenvalue weighted by molar-refractivity contribution is 0.220. The predicted octanol–water partition coefficient (Wildman–Crippen LogP) is 3.93. The summed E-state index contributed by atoms with van der Waals surface area (Å²) in [4.78, 5) is 2.65. The van der Waals surface area contributed by atoms with Crippen LogP contribution in [0.5, 0.6) is 0 Å². The van der Waals surface area contributed by atoms with Crippen molar-refractivity contribution >= 4 is 0 Å². The number of hydrogen-bond acceptors (Lipinski definition) is 1. The highest BCUT2D eigenvalue weighted by Gasteiger charge is 2.24. The maximum Gasteiger partial charge on any atom is 0.000966 e. The molecule has 0 unspecified atom stereocenters. The quantitative estimate of drug-likeness (QED) is 0.651. The van der Waals surface area contributed by atoms with Crippen LogP contribution < -0.4 is 0 Å². The van der Waals surface area contributed by atoms with Crippen LogP contribution >= 0.6 is 0 Å². The van der Waals surface area contributed by atoms with Crippen molar-refractivity contribution in [3.05, 3.63) is 0 Å². The molecule has 1 saturated carbocycles. The number of piperidine rings is 1. The standard InChI is InChI=1S/C9H17N.2C2H6/c1-2-6-10(7-3-1)8-9-4-5-9;2*1-2/h9H,1-8H2;2*1-2H3. The normalized spacial score (nSPS) is 21.4. The van der Waals surface area contributed by atoms with Crippen molar-refractivity contribution in [1.29, 1.82) is 0 Å². The Morgan fingerprint density at radius 3 is 1.79 bits per heavy atom. The lowest BCUT2D eigenvalue weighted by atomic mass is 10.1. The van der Waals surface area contributed by atoms with Crippen molar-refractivity contribution in [3.8, 4) is 0 Å². The summed E-state index contributed by atoms with van der Waals surface area (Å²) >= 11 is 0. The Hall–Kier alpha value is -0.0400. The average Bonchev–Trinajstić information content (AvgIpc) is 3.09. The molecule has 1 heterocycles. The molecule has 1 aliphatic heterocycles. The molecule has 0 spiro atoms. The molecule has 1 aliphatic carbocycles. The van der Waals surface area contributed by atoms with Crippen LogP contribution in [-0.2, 0) is 0 Å². The Morgan fingerprint density at radius 1 is 0.857 bits per heavy atom. The fourth-order valence-corrected chi connectivity index (χ4v) is 1.81. The molecule has 0 aromatic carbocycles. The molecule has 2 fully saturated rings. The monoisotopic (exact) mass is 199 g/mol. The zero-order chi connectivity index (χ0) is 10.8. The molecule has 0 bridgehead atoms. The van der Waals surface area contributed by atoms with Gasteiger partial charge in [0, 0.05) is 6.54 Å². The van der Waals surface area contributed by atoms with E-state index in [-0.39, 0.29) is 0 Å². The smallest absolute Gasteiger partial charge is 0.000966 e. The first-order chi connectivity index (χ1) is 6.95. The highest BCUT2D eigenvalue weighted by atomic mass is 15.1. The van der Waals surface area contributed by atoms with Crippen LogP contribution in [-0.4, -0.2) is 24.5 Å². The third kappa shape index (κ3) is 6.42. The fourth-order valence-electron chi connectivity index (χ4n) is 1.81. The summed E-state index contributed by atoms with van der Waals surface area (Å²) in [5.41, 5.74) is 0. The van der Waals surface area contributed by atoms with E-state index < -0.39 is 0 Å². The minimum absolute atomic E-state index is 1.10. The van der Waals surface area contributed by atoms with Crippen molar-refractivity contribution in [3.63, 3.8) is 0 Å². The summed E-state index contributed by atoms with van der Waals surface area (Å²) in [5.74, 6) is 1.10. The van der Waals surface area contributed by atoms with Crippen molar-refractivity contribution in [2.24, 2.45) is 5.92 Å². The molecule has 2 aliphatic rings. The number of nitrogens with zero attached hydrogens (tertiary/aromatic N) is 1. The molecule has 0 atom stereocenters. The van der Waals surface area contributed by atoms with Gasteiger partial charge >= 0.3 is 0 Å². The highest BCUT2D eigenvalue weighted by molar-refractivity contribution is 4.78. The fraction of sp³-hybridized carbons (Fsp3) is 1.00. The first-order valence-electron chi connectivity index (χ1n) is 6.67. The molecule has 2 rings (SSSR count). The van der Waals surface area contributed by atoms with Crippen LogP contribution in [0.15, 0.2) is 0 Å². The molecule has 0 amide bonds. The van der Waals surface area contributed by atoms with Crippen molar-refractivity contribution < 1.29 is 0 Å². The van der Waals surface area contributed by atoms with E-state index in [1.807, 2.05) is 27.7 Å². The summed E-state index contributed by atoms with van der Waals surface area (Å²) in [6.07, 6.45) is 7.40. The highest BCUT2D eigenvalue weighted by Crippen LogP contribution is 2.30. The van der Waals surface area contributed by atoms with Gasteiger partial charge in [0.15, 0.2) is 0 Å². The summed E-state index contributed by atoms with van der Waals surface area (Å²) < 4.78 is 0. The minimum atomic E-state index is 1.10. The SMILES string of the molecule is C1CCN(CC2CC2)CC1.CC.CC. The topological polar surface area (TPSA) is 3.24 Å². The number of hydrogen-bond donors (Lipinski definition) is 0. The summed E-state index contributed by atoms with van der Waals surface area (Å²) in [6.45, 7) is 12.2. The van der Waals surface area contributed by atoms with E-state index in [0.29, 0.717) is 0 Å². The second kappa shape index (κ2) is 9.51. The molecule has 1 heteroatoms. The van der Waals surface area contributed by atoms with E-state index in [0.717, 1.165) is 5.92 Å². The maximum atomic E-state index is 2.65. The molecule has 0 N–H and O–H groups in total. The van der Waals surface area contributed by atoms with Crippen molar-refractivity contribution in [2.45, 2.75) is 59.8 Å². The molecular formula is C13H29N. The Labute approximate surface area is 90.9 Å². The van der Waals surface area contributed by atoms with Crippen molar-refractivity contribution in [1.82, 2.24) is 4.90 Å². The Kier molecular flexibility index (Phi) is 9.49. The summed E-state index contributed by atoms with van der Waals surface area (Å²) in [6, 6.07) is 0. The Morgan fingerprint density at radius 2 is 1.36 bits per heavy atom. The lowest BCUT2D eigenvalue weighted by Gasteiger charge is -2.26. The Balaban J connectivity index is 0.000000379. The van der Waals surface area contributed by atoms with E-state index in [4.69, 9.17) is 0 Å². The largest absolute Gasteiger partial charge is 0.303 e. The zero-order valence-corrected chi connectivity index (χ0v) is 10.7. The van der Waals surface area contributed by atoms with E-state index in [2.05, 4.69) is 4.90 Å². The predicted molar refractivity (Wildman–Crippen MR) is 65.7 cm³/mol. The molecule has 0 aromatic rings. The van der Waals surface area contributed by atoms with Gasteiger partial charge in [-0.1, -0.05) is 34.1 Å². The van der Waals surface area contributed by atoms with Gasteiger partial charge in [-0.05, 0) is 44.7 Å². The first kappa shape index (κ1) is 14.0. The molecule has 86 valence electrons. The van der Waals surface area contributed by atoms with Crippen LogP contribution in [0.4, 0.5) is 0 Å². The van der Waals surface area contributed by atoms with Gasteiger partial charge in [-0.2, -0.15) is 0 Å². The van der Waals surface area contributed by atoms with E-state index in [1.165, 1.54) is 51.7 Å². The van der Waals surface area contributed by atoms with Gasteiger partial charge in [-0.3, -0.25) is 0 Å². The van der Waals surface area contributed by atoms with Gasteiger partial charge < -0.3 is 4.90 Å². The molecular weight excluding hydrogens is 170 g/mol. The summed E-state index contributed by atoms with van der Waals surface area (Å²) in [5, 5.41) is 0. The maximum absolute atomic E-state index is 2.65. The van der Waals surface area contributed by atoms with Crippen LogP contribution in [0, 0.1) is 5.92 Å². The van der Waals surface area contributed by atoms with Gasteiger partial charge in [0.25, 0.3) is 0 Å². The molecule has 1 nitrogen and oxygen atoms in total. The van der Waals surface area contributed by atoms with E-state index >= 15 is 0 Å². The van der Waals surface area contributed by atoms with Gasteiger partial charge in [-0.25, -0.2) is 0 Å². The molecule has 1 saturated heterocycles. The molecule has 0 radical (unpaired) electrons. The van der Waals surface area contributed by atoms with E-state index in [9.17, 15) is 0 Å². The van der Waals surface area contributed by atoms with Crippen molar-refractivity contribution in [2.75, 3.05) is 19.6 Å². The molecule has 14 heavy (non-hydrogen) atoms. The minimum Gasteiger partial charge on any atom is -0.303 e. The summed E-state index contributed by atoms with van der Waals surface area (Å²) in [7, 11) is 0. The van der Waals surface area contributed by atoms with Gasteiger partial charge in [0.05, 0.1) is 0 Å². The third-order valence-corrected chi connectivity index (χ3v) is 2.66. The van der Waals surface area contributed by atoms with Gasteiger partial charge in [-0.15, -0.1) is 0 Å². The second-order valence-corrected chi connectivity index (χ2v) is 3.80. The second-order valence-electron chi connectivity index (χ2n) is 3.80.